The van der Waals surface area contributed by atoms with Gasteiger partial charge in [-0.05, 0) is 47.2 Å². The second-order valence-electron chi connectivity index (χ2n) is 5.96. The van der Waals surface area contributed by atoms with Crippen LogP contribution in [0.4, 0.5) is 0 Å². The molecule has 0 bridgehead atoms. The second kappa shape index (κ2) is 6.95. The normalized spacial score (nSPS) is 12.8. The van der Waals surface area contributed by atoms with Crippen LogP contribution < -0.4 is 0 Å². The summed E-state index contributed by atoms with van der Waals surface area (Å²) in [5.41, 5.74) is 3.38. The highest BCUT2D eigenvalue weighted by atomic mass is 16.5. The molecule has 0 fully saturated rings. The Bertz CT molecular complexity index is 670. The van der Waals surface area contributed by atoms with Crippen molar-refractivity contribution in [2.24, 2.45) is 0 Å². The topological polar surface area (TPSA) is 84.4 Å². The lowest BCUT2D eigenvalue weighted by Crippen LogP contribution is -2.32. The maximum absolute atomic E-state index is 11.7. The molecular formula is C16H24N4O3. The Hall–Kier alpha value is -2.15. The number of hydrogen-bond donors (Lipinski definition) is 1. The van der Waals surface area contributed by atoms with Gasteiger partial charge in [0.2, 0.25) is 0 Å². The smallest absolute Gasteiger partial charge is 0.325 e. The van der Waals surface area contributed by atoms with Crippen LogP contribution in [-0.4, -0.2) is 44.5 Å². The monoisotopic (exact) mass is 320 g/mol. The molecule has 2 heterocycles. The predicted octanol–water partition coefficient (Wildman–Crippen LogP) is 2.25. The lowest BCUT2D eigenvalue weighted by molar-refractivity contribution is -0.143. The first-order valence-corrected chi connectivity index (χ1v) is 7.68. The van der Waals surface area contributed by atoms with Gasteiger partial charge >= 0.3 is 5.97 Å². The van der Waals surface area contributed by atoms with Gasteiger partial charge in [-0.2, -0.15) is 5.10 Å². The summed E-state index contributed by atoms with van der Waals surface area (Å²) in [6.45, 7) is 8.90. The molecule has 23 heavy (non-hydrogen) atoms. The van der Waals surface area contributed by atoms with Crippen LogP contribution in [0.3, 0.4) is 0 Å². The quantitative estimate of drug-likeness (QED) is 0.842. The van der Waals surface area contributed by atoms with Crippen molar-refractivity contribution in [3.05, 3.63) is 34.5 Å². The highest BCUT2D eigenvalue weighted by molar-refractivity contribution is 5.76. The molecule has 1 unspecified atom stereocenters. The van der Waals surface area contributed by atoms with Crippen molar-refractivity contribution in [2.75, 3.05) is 13.6 Å². The van der Waals surface area contributed by atoms with Crippen molar-refractivity contribution in [1.29, 1.82) is 0 Å². The summed E-state index contributed by atoms with van der Waals surface area (Å²) in [5, 5.41) is 17.9. The Labute approximate surface area is 135 Å². The molecule has 1 atom stereocenters. The Balaban J connectivity index is 2.03. The second-order valence-corrected chi connectivity index (χ2v) is 5.96. The largest absolute Gasteiger partial charge is 0.480 e. The molecule has 0 aromatic carbocycles. The zero-order chi connectivity index (χ0) is 17.1. The molecule has 0 saturated carbocycles. The van der Waals surface area contributed by atoms with E-state index < -0.39 is 12.0 Å². The van der Waals surface area contributed by atoms with Gasteiger partial charge in [0.15, 0.2) is 0 Å². The molecular weight excluding hydrogens is 296 g/mol. The van der Waals surface area contributed by atoms with Crippen LogP contribution in [-0.2, 0) is 11.3 Å². The molecule has 0 amide bonds. The molecule has 126 valence electrons. The molecule has 7 nitrogen and oxygen atoms in total. The molecule has 0 aliphatic carbocycles. The van der Waals surface area contributed by atoms with E-state index in [1.54, 1.807) is 13.8 Å². The van der Waals surface area contributed by atoms with Crippen LogP contribution in [0, 0.1) is 27.7 Å². The minimum atomic E-state index is -0.895. The zero-order valence-electron chi connectivity index (χ0n) is 14.3. The van der Waals surface area contributed by atoms with E-state index in [1.807, 2.05) is 36.5 Å². The van der Waals surface area contributed by atoms with Crippen LogP contribution in [0.15, 0.2) is 10.6 Å². The Morgan fingerprint density at radius 2 is 2.09 bits per heavy atom. The van der Waals surface area contributed by atoms with Gasteiger partial charge in [-0.3, -0.25) is 14.4 Å². The van der Waals surface area contributed by atoms with Crippen molar-refractivity contribution in [1.82, 2.24) is 19.8 Å². The first-order valence-electron chi connectivity index (χ1n) is 7.68. The molecule has 1 N–H and O–H groups in total. The lowest BCUT2D eigenvalue weighted by Gasteiger charge is -2.24. The first-order chi connectivity index (χ1) is 10.8. The molecule has 0 radical (unpaired) electrons. The zero-order valence-corrected chi connectivity index (χ0v) is 14.3. The number of nitrogens with zero attached hydrogens (tertiary/aromatic N) is 4. The molecule has 2 aromatic rings. The summed E-state index contributed by atoms with van der Waals surface area (Å²) in [6, 6.07) is 1.29. The minimum absolute atomic E-state index is 0.556. The summed E-state index contributed by atoms with van der Waals surface area (Å²) in [6.07, 6.45) is 0.811. The van der Waals surface area contributed by atoms with E-state index in [0.717, 1.165) is 24.4 Å². The van der Waals surface area contributed by atoms with Crippen molar-refractivity contribution in [3.63, 3.8) is 0 Å². The van der Waals surface area contributed by atoms with E-state index in [2.05, 4.69) is 10.3 Å². The van der Waals surface area contributed by atoms with Gasteiger partial charge in [-0.1, -0.05) is 5.16 Å². The number of likely N-dealkylation sites (N-methyl/N-ethyl adjacent to an activating group) is 1. The van der Waals surface area contributed by atoms with Crippen LogP contribution in [0.5, 0.6) is 0 Å². The van der Waals surface area contributed by atoms with Gasteiger partial charge in [0, 0.05) is 24.3 Å². The Kier molecular flexibility index (Phi) is 5.20. The third-order valence-corrected chi connectivity index (χ3v) is 4.02. The van der Waals surface area contributed by atoms with E-state index in [1.165, 1.54) is 0 Å². The molecule has 2 aromatic heterocycles. The maximum atomic E-state index is 11.7. The Morgan fingerprint density at radius 1 is 1.39 bits per heavy atom. The third-order valence-electron chi connectivity index (χ3n) is 4.02. The van der Waals surface area contributed by atoms with Crippen LogP contribution in [0.25, 0.3) is 0 Å². The van der Waals surface area contributed by atoms with Gasteiger partial charge in [-0.25, -0.2) is 0 Å². The fourth-order valence-electron chi connectivity index (χ4n) is 2.91. The van der Waals surface area contributed by atoms with Crippen molar-refractivity contribution < 1.29 is 14.4 Å². The molecule has 7 heteroatoms. The van der Waals surface area contributed by atoms with Gasteiger partial charge in [0.05, 0.1) is 11.4 Å². The van der Waals surface area contributed by atoms with Gasteiger partial charge in [0.25, 0.3) is 0 Å². The molecule has 0 spiro atoms. The number of hydrogen-bond acceptors (Lipinski definition) is 5. The number of aromatic nitrogens is 3. The van der Waals surface area contributed by atoms with Gasteiger partial charge in [0.1, 0.15) is 11.8 Å². The number of rotatable bonds is 7. The fourth-order valence-corrected chi connectivity index (χ4v) is 2.91. The van der Waals surface area contributed by atoms with Crippen LogP contribution in [0.1, 0.15) is 40.9 Å². The summed E-state index contributed by atoms with van der Waals surface area (Å²) < 4.78 is 7.07. The van der Waals surface area contributed by atoms with E-state index in [9.17, 15) is 9.90 Å². The van der Waals surface area contributed by atoms with E-state index in [0.29, 0.717) is 23.6 Å². The number of aliphatic carboxylic acids is 1. The Morgan fingerprint density at radius 3 is 2.57 bits per heavy atom. The molecule has 0 aliphatic heterocycles. The average molecular weight is 320 g/mol. The fraction of sp³-hybridized carbons (Fsp3) is 0.562. The summed E-state index contributed by atoms with van der Waals surface area (Å²) in [5.74, 6) is -0.340. The van der Waals surface area contributed by atoms with E-state index in [4.69, 9.17) is 4.52 Å². The predicted molar refractivity (Wildman–Crippen MR) is 85.3 cm³/mol. The van der Waals surface area contributed by atoms with Crippen molar-refractivity contribution in [2.45, 2.75) is 46.7 Å². The van der Waals surface area contributed by atoms with Crippen molar-refractivity contribution in [3.8, 4) is 0 Å². The highest BCUT2D eigenvalue weighted by Gasteiger charge is 2.30. The minimum Gasteiger partial charge on any atom is -0.480 e. The number of carboxylic acids is 1. The summed E-state index contributed by atoms with van der Waals surface area (Å²) in [4.78, 5) is 13.5. The molecule has 0 saturated heterocycles. The lowest BCUT2D eigenvalue weighted by atomic mass is 10.0. The SMILES string of the molecule is Cc1cc(C)n(CCCN(C)C(C(=O)O)c2c(C)noc2C)n1. The van der Waals surface area contributed by atoms with E-state index >= 15 is 0 Å². The molecule has 2 rings (SSSR count). The van der Waals surface area contributed by atoms with Crippen LogP contribution in [0.2, 0.25) is 0 Å². The van der Waals surface area contributed by atoms with Crippen LogP contribution >= 0.6 is 0 Å². The van der Waals surface area contributed by atoms with Gasteiger partial charge in [-0.15, -0.1) is 0 Å². The third kappa shape index (κ3) is 3.79. The van der Waals surface area contributed by atoms with Crippen molar-refractivity contribution >= 4 is 5.97 Å². The molecule has 0 aliphatic rings. The highest BCUT2D eigenvalue weighted by Crippen LogP contribution is 2.26. The standard InChI is InChI=1S/C16H24N4O3/c1-10-9-11(2)20(17-10)8-6-7-19(5)15(16(21)22)14-12(3)18-23-13(14)4/h9,15H,6-8H2,1-5H3,(H,21,22). The summed E-state index contributed by atoms with van der Waals surface area (Å²) >= 11 is 0. The average Bonchev–Trinajstić information content (AvgIpc) is 2.94. The first kappa shape index (κ1) is 17.2. The van der Waals surface area contributed by atoms with Gasteiger partial charge < -0.3 is 9.63 Å². The maximum Gasteiger partial charge on any atom is 0.325 e. The summed E-state index contributed by atoms with van der Waals surface area (Å²) in [7, 11) is 1.81. The number of carboxylic acid groups (broad SMARTS) is 1. The van der Waals surface area contributed by atoms with E-state index in [-0.39, 0.29) is 0 Å². The number of carbonyl (C=O) groups is 1. The number of aryl methyl sites for hydroxylation is 5.